The van der Waals surface area contributed by atoms with Crippen molar-refractivity contribution in [2.75, 3.05) is 13.2 Å². The van der Waals surface area contributed by atoms with Gasteiger partial charge in [0.15, 0.2) is 0 Å². The first-order valence-electron chi connectivity index (χ1n) is 11.0. The summed E-state index contributed by atoms with van der Waals surface area (Å²) in [5.74, 6) is 0.978. The van der Waals surface area contributed by atoms with E-state index in [2.05, 4.69) is 37.3 Å². The molecule has 0 saturated carbocycles. The highest BCUT2D eigenvalue weighted by atomic mass is 16.6. The van der Waals surface area contributed by atoms with Gasteiger partial charge in [-0.1, -0.05) is 63.3 Å². The number of ether oxygens (including phenoxy) is 3. The molecule has 0 N–H and O–H groups in total. The van der Waals surface area contributed by atoms with Crippen LogP contribution in [0.5, 0.6) is 5.75 Å². The molecule has 2 aliphatic rings. The zero-order valence-corrected chi connectivity index (χ0v) is 16.9. The van der Waals surface area contributed by atoms with Gasteiger partial charge in [-0.05, 0) is 49.8 Å². The van der Waals surface area contributed by atoms with Gasteiger partial charge in [0.2, 0.25) is 0 Å². The second kappa shape index (κ2) is 11.5. The van der Waals surface area contributed by atoms with Gasteiger partial charge in [-0.25, -0.2) is 0 Å². The second-order valence-electron chi connectivity index (χ2n) is 7.93. The van der Waals surface area contributed by atoms with Gasteiger partial charge in [0.05, 0.1) is 18.8 Å². The van der Waals surface area contributed by atoms with E-state index in [9.17, 15) is 0 Å². The van der Waals surface area contributed by atoms with E-state index in [4.69, 9.17) is 14.2 Å². The van der Waals surface area contributed by atoms with Crippen LogP contribution in [0.4, 0.5) is 0 Å². The summed E-state index contributed by atoms with van der Waals surface area (Å²) in [4.78, 5) is 0. The molecule has 0 spiro atoms. The number of benzene rings is 1. The quantitative estimate of drug-likeness (QED) is 0.220. The van der Waals surface area contributed by atoms with Crippen molar-refractivity contribution >= 4 is 0 Å². The molecular formula is C24H36O3. The summed E-state index contributed by atoms with van der Waals surface area (Å²) in [6, 6.07) is 8.53. The molecule has 1 aromatic rings. The zero-order chi connectivity index (χ0) is 18.7. The number of hydrogen-bond acceptors (Lipinski definition) is 3. The maximum absolute atomic E-state index is 5.76. The molecule has 2 saturated heterocycles. The summed E-state index contributed by atoms with van der Waals surface area (Å²) in [7, 11) is 0. The fourth-order valence-electron chi connectivity index (χ4n) is 3.50. The SMILES string of the molecule is CCC/C=C\CC1OC1CCCCCCCc1cccc(OCC2CO2)c1. The highest BCUT2D eigenvalue weighted by Crippen LogP contribution is 2.30. The minimum atomic E-state index is 0.322. The Hall–Kier alpha value is -1.32. The minimum Gasteiger partial charge on any atom is -0.491 e. The third-order valence-electron chi connectivity index (χ3n) is 5.37. The first-order valence-corrected chi connectivity index (χ1v) is 11.0. The Morgan fingerprint density at radius 2 is 1.93 bits per heavy atom. The Labute approximate surface area is 165 Å². The van der Waals surface area contributed by atoms with E-state index in [1.54, 1.807) is 0 Å². The fraction of sp³-hybridized carbons (Fsp3) is 0.667. The number of hydrogen-bond donors (Lipinski definition) is 0. The average molecular weight is 373 g/mol. The topological polar surface area (TPSA) is 34.3 Å². The maximum atomic E-state index is 5.76. The molecule has 2 fully saturated rings. The van der Waals surface area contributed by atoms with Gasteiger partial charge < -0.3 is 14.2 Å². The van der Waals surface area contributed by atoms with Crippen molar-refractivity contribution < 1.29 is 14.2 Å². The Morgan fingerprint density at radius 3 is 2.78 bits per heavy atom. The van der Waals surface area contributed by atoms with Crippen molar-refractivity contribution in [3.05, 3.63) is 42.0 Å². The van der Waals surface area contributed by atoms with Gasteiger partial charge in [0, 0.05) is 0 Å². The minimum absolute atomic E-state index is 0.322. The van der Waals surface area contributed by atoms with Crippen LogP contribution in [0.25, 0.3) is 0 Å². The summed E-state index contributed by atoms with van der Waals surface area (Å²) >= 11 is 0. The van der Waals surface area contributed by atoms with Crippen LogP contribution >= 0.6 is 0 Å². The summed E-state index contributed by atoms with van der Waals surface area (Å²) in [5.41, 5.74) is 1.38. The van der Waals surface area contributed by atoms with Crippen LogP contribution in [0.2, 0.25) is 0 Å². The lowest BCUT2D eigenvalue weighted by molar-refractivity contribution is 0.263. The van der Waals surface area contributed by atoms with Crippen LogP contribution in [0.3, 0.4) is 0 Å². The Bertz CT molecular complexity index is 564. The molecule has 0 aliphatic carbocycles. The molecule has 0 bridgehead atoms. The smallest absolute Gasteiger partial charge is 0.119 e. The lowest BCUT2D eigenvalue weighted by Gasteiger charge is -2.07. The van der Waals surface area contributed by atoms with Crippen LogP contribution in [0.1, 0.15) is 70.3 Å². The van der Waals surface area contributed by atoms with Gasteiger partial charge in [0.25, 0.3) is 0 Å². The van der Waals surface area contributed by atoms with Crippen molar-refractivity contribution in [2.45, 2.75) is 89.4 Å². The van der Waals surface area contributed by atoms with E-state index in [-0.39, 0.29) is 0 Å². The number of allylic oxidation sites excluding steroid dienone is 1. The number of rotatable bonds is 15. The molecule has 3 rings (SSSR count). The van der Waals surface area contributed by atoms with Crippen LogP contribution < -0.4 is 4.74 Å². The van der Waals surface area contributed by atoms with Crippen LogP contribution in [0.15, 0.2) is 36.4 Å². The molecule has 2 heterocycles. The molecule has 3 atom stereocenters. The summed E-state index contributed by atoms with van der Waals surface area (Å²) in [6.07, 6.45) is 18.5. The summed E-state index contributed by atoms with van der Waals surface area (Å²) in [6.45, 7) is 3.76. The van der Waals surface area contributed by atoms with Gasteiger partial charge in [-0.3, -0.25) is 0 Å². The summed E-state index contributed by atoms with van der Waals surface area (Å²) < 4.78 is 16.7. The average Bonchev–Trinajstić information content (AvgIpc) is 3.60. The van der Waals surface area contributed by atoms with E-state index in [1.807, 2.05) is 6.07 Å². The molecule has 0 radical (unpaired) electrons. The highest BCUT2D eigenvalue weighted by Gasteiger charge is 2.36. The lowest BCUT2D eigenvalue weighted by atomic mass is 10.0. The van der Waals surface area contributed by atoms with E-state index >= 15 is 0 Å². The Morgan fingerprint density at radius 1 is 1.07 bits per heavy atom. The standard InChI is InChI=1S/C24H36O3/c1-2-3-4-9-15-23-24(27-23)16-10-7-5-6-8-12-20-13-11-14-21(17-20)25-18-22-19-26-22/h4,9,11,13-14,17,22-24H,2-3,5-8,10,12,15-16,18-19H2,1H3/b9-4-. The zero-order valence-electron chi connectivity index (χ0n) is 16.9. The van der Waals surface area contributed by atoms with Gasteiger partial charge >= 0.3 is 0 Å². The molecule has 1 aromatic carbocycles. The van der Waals surface area contributed by atoms with Crippen molar-refractivity contribution in [3.8, 4) is 5.75 Å². The Balaban J connectivity index is 1.16. The van der Waals surface area contributed by atoms with E-state index in [1.165, 1.54) is 56.9 Å². The Kier molecular flexibility index (Phi) is 8.70. The molecule has 3 unspecified atom stereocenters. The largest absolute Gasteiger partial charge is 0.491 e. The predicted molar refractivity (Wildman–Crippen MR) is 110 cm³/mol. The highest BCUT2D eigenvalue weighted by molar-refractivity contribution is 5.28. The van der Waals surface area contributed by atoms with Gasteiger partial charge in [-0.2, -0.15) is 0 Å². The maximum Gasteiger partial charge on any atom is 0.119 e. The van der Waals surface area contributed by atoms with Crippen LogP contribution in [0, 0.1) is 0 Å². The lowest BCUT2D eigenvalue weighted by Crippen LogP contribution is -2.04. The predicted octanol–water partition coefficient (Wildman–Crippen LogP) is 5.86. The van der Waals surface area contributed by atoms with Crippen molar-refractivity contribution in [2.24, 2.45) is 0 Å². The monoisotopic (exact) mass is 372 g/mol. The molecule has 2 aliphatic heterocycles. The normalized spacial score (nSPS) is 23.7. The third-order valence-corrected chi connectivity index (χ3v) is 5.37. The molecule has 150 valence electrons. The third kappa shape index (κ3) is 8.49. The fourth-order valence-corrected chi connectivity index (χ4v) is 3.50. The van der Waals surface area contributed by atoms with E-state index in [0.717, 1.165) is 25.2 Å². The second-order valence-corrected chi connectivity index (χ2v) is 7.93. The van der Waals surface area contributed by atoms with Gasteiger partial charge in [-0.15, -0.1) is 0 Å². The van der Waals surface area contributed by atoms with Crippen molar-refractivity contribution in [1.29, 1.82) is 0 Å². The van der Waals surface area contributed by atoms with Crippen LogP contribution in [-0.2, 0) is 15.9 Å². The number of aryl methyl sites for hydroxylation is 1. The molecule has 27 heavy (non-hydrogen) atoms. The van der Waals surface area contributed by atoms with Crippen molar-refractivity contribution in [3.63, 3.8) is 0 Å². The van der Waals surface area contributed by atoms with E-state index in [0.29, 0.717) is 24.9 Å². The molecule has 3 heteroatoms. The number of epoxide rings is 2. The molecule has 3 nitrogen and oxygen atoms in total. The number of unbranched alkanes of at least 4 members (excludes halogenated alkanes) is 5. The first kappa shape index (κ1) is 20.4. The first-order chi connectivity index (χ1) is 13.3. The van der Waals surface area contributed by atoms with Gasteiger partial charge in [0.1, 0.15) is 18.5 Å². The van der Waals surface area contributed by atoms with Crippen LogP contribution in [-0.4, -0.2) is 31.5 Å². The molecule has 0 amide bonds. The summed E-state index contributed by atoms with van der Waals surface area (Å²) in [5, 5.41) is 0. The molecular weight excluding hydrogens is 336 g/mol. The van der Waals surface area contributed by atoms with Crippen molar-refractivity contribution in [1.82, 2.24) is 0 Å². The van der Waals surface area contributed by atoms with E-state index < -0.39 is 0 Å². The molecule has 0 aromatic heterocycles.